The van der Waals surface area contributed by atoms with Crippen LogP contribution in [0.3, 0.4) is 0 Å². The third-order valence-corrected chi connectivity index (χ3v) is 4.16. The minimum atomic E-state index is -0.297. The molecule has 1 fully saturated rings. The second-order valence-corrected chi connectivity index (χ2v) is 5.94. The number of aromatic nitrogens is 3. The van der Waals surface area contributed by atoms with Gasteiger partial charge in [0.2, 0.25) is 0 Å². The summed E-state index contributed by atoms with van der Waals surface area (Å²) in [5, 5.41) is 0. The molecule has 0 N–H and O–H groups in total. The molecule has 2 aromatic heterocycles. The summed E-state index contributed by atoms with van der Waals surface area (Å²) in [6.07, 6.45) is 5.83. The van der Waals surface area contributed by atoms with Gasteiger partial charge in [0.15, 0.2) is 11.6 Å². The Balaban J connectivity index is 1.73. The van der Waals surface area contributed by atoms with E-state index in [9.17, 15) is 4.39 Å². The number of pyridine rings is 1. The largest absolute Gasteiger partial charge is 0.355 e. The number of halogens is 2. The summed E-state index contributed by atoms with van der Waals surface area (Å²) in [5.74, 6) is 0.993. The molecule has 1 unspecified atom stereocenters. The molecule has 0 spiro atoms. The third kappa shape index (κ3) is 2.97. The Bertz CT molecular complexity index is 624. The van der Waals surface area contributed by atoms with Crippen LogP contribution in [0, 0.1) is 5.82 Å². The minimum absolute atomic E-state index is 0.282. The first-order valence-corrected chi connectivity index (χ1v) is 7.49. The van der Waals surface area contributed by atoms with Crippen molar-refractivity contribution < 1.29 is 4.39 Å². The first-order chi connectivity index (χ1) is 10.1. The predicted octanol–water partition coefficient (Wildman–Crippen LogP) is 2.49. The van der Waals surface area contributed by atoms with Gasteiger partial charge in [-0.05, 0) is 34.5 Å². The summed E-state index contributed by atoms with van der Waals surface area (Å²) in [5.41, 5.74) is 0. The zero-order chi connectivity index (χ0) is 14.8. The molecule has 1 atom stereocenters. The number of likely N-dealkylation sites (N-methyl/N-ethyl adjacent to an activating group) is 1. The Hall–Kier alpha value is -1.76. The van der Waals surface area contributed by atoms with E-state index in [1.807, 2.05) is 18.0 Å². The Morgan fingerprint density at radius 3 is 3.00 bits per heavy atom. The summed E-state index contributed by atoms with van der Waals surface area (Å²) >= 11 is 3.23. The van der Waals surface area contributed by atoms with Crippen LogP contribution in [-0.4, -0.2) is 41.1 Å². The van der Waals surface area contributed by atoms with Crippen LogP contribution in [0.15, 0.2) is 35.3 Å². The lowest BCUT2D eigenvalue weighted by atomic mass is 10.2. The van der Waals surface area contributed by atoms with Gasteiger partial charge in [-0.2, -0.15) is 0 Å². The zero-order valence-electron chi connectivity index (χ0n) is 11.6. The van der Waals surface area contributed by atoms with Gasteiger partial charge in [0.05, 0.1) is 0 Å². The van der Waals surface area contributed by atoms with Gasteiger partial charge in [-0.3, -0.25) is 0 Å². The van der Waals surface area contributed by atoms with Gasteiger partial charge in [-0.15, -0.1) is 0 Å². The molecule has 1 saturated heterocycles. The highest BCUT2D eigenvalue weighted by molar-refractivity contribution is 9.10. The van der Waals surface area contributed by atoms with E-state index in [1.165, 1.54) is 12.4 Å². The number of hydrogen-bond acceptors (Lipinski definition) is 5. The molecule has 0 aliphatic carbocycles. The average molecular weight is 352 g/mol. The molecule has 3 rings (SSSR count). The summed E-state index contributed by atoms with van der Waals surface area (Å²) in [6.45, 7) is 1.51. The van der Waals surface area contributed by atoms with Gasteiger partial charge in [-0.1, -0.05) is 0 Å². The van der Waals surface area contributed by atoms with Gasteiger partial charge in [0.25, 0.3) is 0 Å². The van der Waals surface area contributed by atoms with E-state index >= 15 is 0 Å². The van der Waals surface area contributed by atoms with Crippen molar-refractivity contribution in [2.24, 2.45) is 0 Å². The summed E-state index contributed by atoms with van der Waals surface area (Å²) in [6, 6.07) is 3.61. The first kappa shape index (κ1) is 14.2. The molecular formula is C14H15BrFN5. The van der Waals surface area contributed by atoms with Crippen molar-refractivity contribution in [1.29, 1.82) is 0 Å². The second kappa shape index (κ2) is 5.93. The second-order valence-electron chi connectivity index (χ2n) is 5.03. The van der Waals surface area contributed by atoms with Crippen LogP contribution < -0.4 is 9.80 Å². The van der Waals surface area contributed by atoms with Gasteiger partial charge in [-0.25, -0.2) is 19.3 Å². The fraction of sp³-hybridized carbons (Fsp3) is 0.357. The van der Waals surface area contributed by atoms with Crippen molar-refractivity contribution in [3.8, 4) is 0 Å². The molecule has 1 aliphatic heterocycles. The number of nitrogens with zero attached hydrogens (tertiary/aromatic N) is 5. The van der Waals surface area contributed by atoms with Crippen molar-refractivity contribution in [3.63, 3.8) is 0 Å². The van der Waals surface area contributed by atoms with Crippen LogP contribution in [0.25, 0.3) is 0 Å². The van der Waals surface area contributed by atoms with Crippen LogP contribution in [0.4, 0.5) is 16.0 Å². The van der Waals surface area contributed by atoms with Crippen LogP contribution >= 0.6 is 15.9 Å². The van der Waals surface area contributed by atoms with Crippen LogP contribution in [-0.2, 0) is 0 Å². The SMILES string of the molecule is CN(c1ccncn1)C1CCN(c2ncc(Br)cc2F)C1. The zero-order valence-corrected chi connectivity index (χ0v) is 13.2. The lowest BCUT2D eigenvalue weighted by Crippen LogP contribution is -2.35. The molecule has 1 aliphatic rings. The maximum Gasteiger partial charge on any atom is 0.166 e. The van der Waals surface area contributed by atoms with E-state index in [1.54, 1.807) is 12.4 Å². The summed E-state index contributed by atoms with van der Waals surface area (Å²) < 4.78 is 14.6. The number of hydrogen-bond donors (Lipinski definition) is 0. The van der Waals surface area contributed by atoms with Gasteiger partial charge in [0.1, 0.15) is 12.1 Å². The molecule has 3 heterocycles. The standard InChI is InChI=1S/C14H15BrFN5/c1-20(13-2-4-17-9-19-13)11-3-5-21(8-11)14-12(16)6-10(15)7-18-14/h2,4,6-7,9,11H,3,5,8H2,1H3. The van der Waals surface area contributed by atoms with Crippen LogP contribution in [0.5, 0.6) is 0 Å². The first-order valence-electron chi connectivity index (χ1n) is 6.70. The number of anilines is 2. The lowest BCUT2D eigenvalue weighted by molar-refractivity contribution is 0.613. The van der Waals surface area contributed by atoms with Crippen molar-refractivity contribution >= 4 is 27.6 Å². The average Bonchev–Trinajstić information content (AvgIpc) is 2.97. The van der Waals surface area contributed by atoms with Gasteiger partial charge < -0.3 is 9.80 Å². The molecule has 21 heavy (non-hydrogen) atoms. The minimum Gasteiger partial charge on any atom is -0.355 e. The topological polar surface area (TPSA) is 45.2 Å². The van der Waals surface area contributed by atoms with Crippen LogP contribution in [0.2, 0.25) is 0 Å². The van der Waals surface area contributed by atoms with Crippen molar-refractivity contribution in [1.82, 2.24) is 15.0 Å². The van der Waals surface area contributed by atoms with E-state index < -0.39 is 0 Å². The molecule has 0 radical (unpaired) electrons. The monoisotopic (exact) mass is 351 g/mol. The van der Waals surface area contributed by atoms with Gasteiger partial charge in [0, 0.05) is 43.0 Å². The van der Waals surface area contributed by atoms with E-state index in [0.717, 1.165) is 25.3 Å². The van der Waals surface area contributed by atoms with E-state index in [-0.39, 0.29) is 11.9 Å². The van der Waals surface area contributed by atoms with Gasteiger partial charge >= 0.3 is 0 Å². The predicted molar refractivity (Wildman–Crippen MR) is 82.9 cm³/mol. The molecule has 5 nitrogen and oxygen atoms in total. The molecule has 0 saturated carbocycles. The fourth-order valence-electron chi connectivity index (χ4n) is 2.57. The highest BCUT2D eigenvalue weighted by Gasteiger charge is 2.28. The smallest absolute Gasteiger partial charge is 0.166 e. The molecule has 0 amide bonds. The Morgan fingerprint density at radius 1 is 1.43 bits per heavy atom. The van der Waals surface area contributed by atoms with E-state index in [0.29, 0.717) is 10.3 Å². The lowest BCUT2D eigenvalue weighted by Gasteiger charge is -2.26. The summed E-state index contributed by atoms with van der Waals surface area (Å²) in [7, 11) is 2.00. The maximum absolute atomic E-state index is 14.0. The van der Waals surface area contributed by atoms with E-state index in [2.05, 4.69) is 35.8 Å². The highest BCUT2D eigenvalue weighted by atomic mass is 79.9. The quantitative estimate of drug-likeness (QED) is 0.849. The highest BCUT2D eigenvalue weighted by Crippen LogP contribution is 2.26. The van der Waals surface area contributed by atoms with Crippen molar-refractivity contribution in [3.05, 3.63) is 41.1 Å². The fourth-order valence-corrected chi connectivity index (χ4v) is 2.87. The maximum atomic E-state index is 14.0. The summed E-state index contributed by atoms with van der Waals surface area (Å²) in [4.78, 5) is 16.4. The number of rotatable bonds is 3. The Kier molecular flexibility index (Phi) is 4.01. The van der Waals surface area contributed by atoms with E-state index in [4.69, 9.17) is 0 Å². The Labute approximate surface area is 131 Å². The normalized spacial score (nSPS) is 18.0. The van der Waals surface area contributed by atoms with Crippen molar-refractivity contribution in [2.75, 3.05) is 29.9 Å². The molecule has 2 aromatic rings. The molecule has 7 heteroatoms. The van der Waals surface area contributed by atoms with Crippen molar-refractivity contribution in [2.45, 2.75) is 12.5 Å². The molecular weight excluding hydrogens is 337 g/mol. The molecule has 0 bridgehead atoms. The Morgan fingerprint density at radius 2 is 2.29 bits per heavy atom. The third-order valence-electron chi connectivity index (χ3n) is 3.73. The molecule has 110 valence electrons. The van der Waals surface area contributed by atoms with Crippen LogP contribution in [0.1, 0.15) is 6.42 Å². The molecule has 0 aromatic carbocycles.